The van der Waals surface area contributed by atoms with E-state index in [1.165, 1.54) is 5.56 Å². The predicted octanol–water partition coefficient (Wildman–Crippen LogP) is 2.17. The number of hydrogen-bond donors (Lipinski definition) is 5. The molecule has 0 heterocycles. The second kappa shape index (κ2) is 27.6. The van der Waals surface area contributed by atoms with Crippen LogP contribution in [0.25, 0.3) is 0 Å². The molecule has 1 aromatic rings. The lowest BCUT2D eigenvalue weighted by molar-refractivity contribution is -0.148. The zero-order valence-electron chi connectivity index (χ0n) is 25.0. The third-order valence-corrected chi connectivity index (χ3v) is 4.90. The number of benzene rings is 1. The molecule has 3 amide bonds. The molecule has 0 aliphatic rings. The summed E-state index contributed by atoms with van der Waals surface area (Å²) >= 11 is 0. The highest BCUT2D eigenvalue weighted by molar-refractivity contribution is 5.80. The molecule has 0 saturated carbocycles. The normalized spacial score (nSPS) is 9.93. The fourth-order valence-corrected chi connectivity index (χ4v) is 2.69. The van der Waals surface area contributed by atoms with Crippen molar-refractivity contribution in [3.05, 3.63) is 35.4 Å². The summed E-state index contributed by atoms with van der Waals surface area (Å²) in [6.07, 6.45) is -0.185. The van der Waals surface area contributed by atoms with Crippen LogP contribution in [0.1, 0.15) is 64.0 Å². The van der Waals surface area contributed by atoms with Crippen LogP contribution >= 0.6 is 0 Å². The number of carbonyl (C=O) groups is 6. The van der Waals surface area contributed by atoms with E-state index in [0.717, 1.165) is 32.1 Å². The molecule has 1 atom stereocenters. The number of aryl methyl sites for hydroxylation is 1. The molecule has 0 aromatic heterocycles. The lowest BCUT2D eigenvalue weighted by Crippen LogP contribution is -2.34. The molecule has 0 fully saturated rings. The molecule has 0 saturated heterocycles. The van der Waals surface area contributed by atoms with Crippen LogP contribution in [0, 0.1) is 6.92 Å². The number of carbonyl (C=O) groups excluding carboxylic acids is 4. The van der Waals surface area contributed by atoms with Gasteiger partial charge in [-0.1, -0.05) is 57.0 Å². The van der Waals surface area contributed by atoms with Crippen LogP contribution in [0.15, 0.2) is 24.3 Å². The number of nitrogens with one attached hydrogen (secondary N) is 2. The monoisotopic (exact) mass is 585 g/mol. The molecule has 41 heavy (non-hydrogen) atoms. The van der Waals surface area contributed by atoms with Gasteiger partial charge < -0.3 is 40.4 Å². The van der Waals surface area contributed by atoms with Crippen LogP contribution in [0.2, 0.25) is 0 Å². The van der Waals surface area contributed by atoms with Crippen molar-refractivity contribution in [2.45, 2.75) is 72.3 Å². The van der Waals surface area contributed by atoms with Gasteiger partial charge in [0.15, 0.2) is 0 Å². The van der Waals surface area contributed by atoms with E-state index in [0.29, 0.717) is 25.7 Å². The molecule has 13 nitrogen and oxygen atoms in total. The summed E-state index contributed by atoms with van der Waals surface area (Å²) < 4.78 is 4.39. The number of alkyl carbamates (subject to hydrolysis) is 1. The fraction of sp³-hybridized carbons (Fsp3) is 0.571. The fourth-order valence-electron chi connectivity index (χ4n) is 2.69. The molecule has 1 rings (SSSR count). The first-order valence-electron chi connectivity index (χ1n) is 13.3. The largest absolute Gasteiger partial charge is 0.481 e. The predicted molar refractivity (Wildman–Crippen MR) is 153 cm³/mol. The third kappa shape index (κ3) is 24.8. The van der Waals surface area contributed by atoms with Gasteiger partial charge in [0.2, 0.25) is 17.9 Å². The zero-order valence-corrected chi connectivity index (χ0v) is 25.0. The van der Waals surface area contributed by atoms with Crippen LogP contribution in [0.4, 0.5) is 4.79 Å². The van der Waals surface area contributed by atoms with Gasteiger partial charge >= 0.3 is 18.0 Å². The Kier molecular flexibility index (Phi) is 27.9. The molecule has 0 aliphatic carbocycles. The average Bonchev–Trinajstić information content (AvgIpc) is 2.96. The summed E-state index contributed by atoms with van der Waals surface area (Å²) in [6.45, 7) is 8.99. The topological polar surface area (TPSA) is 200 Å². The van der Waals surface area contributed by atoms with Crippen LogP contribution < -0.4 is 10.6 Å². The summed E-state index contributed by atoms with van der Waals surface area (Å²) in [7, 11) is 2.75. The van der Waals surface area contributed by atoms with Crippen molar-refractivity contribution in [1.82, 2.24) is 15.5 Å². The summed E-state index contributed by atoms with van der Waals surface area (Å²) in [5, 5.41) is 28.7. The summed E-state index contributed by atoms with van der Waals surface area (Å²) in [5.41, 5.74) is 2.19. The van der Waals surface area contributed by atoms with Gasteiger partial charge in [-0.25, -0.2) is 9.59 Å². The lowest BCUT2D eigenvalue weighted by Gasteiger charge is -2.17. The lowest BCUT2D eigenvalue weighted by atomic mass is 10.1. The number of unbranched alkanes of at least 4 members (excludes halogenated alkanes) is 1. The Balaban J connectivity index is -0.000000646. The SMILES string of the molecule is CC.CCCCNC(=O)CCN(C)C(=O)Cc1ccc(C)cc1.CO.O=CCNC(=O)OC(CCC(=O)O)C(=O)O. The van der Waals surface area contributed by atoms with Gasteiger partial charge in [0.25, 0.3) is 0 Å². The number of likely N-dealkylation sites (N-methyl/N-ethyl adjacent to an activating group) is 1. The van der Waals surface area contributed by atoms with E-state index in [-0.39, 0.29) is 24.8 Å². The van der Waals surface area contributed by atoms with Crippen LogP contribution in [-0.2, 0) is 35.1 Å². The summed E-state index contributed by atoms with van der Waals surface area (Å²) in [6, 6.07) is 7.95. The molecule has 1 unspecified atom stereocenters. The Labute approximate surface area is 242 Å². The molecule has 0 spiro atoms. The van der Waals surface area contributed by atoms with Gasteiger partial charge in [0.05, 0.1) is 13.0 Å². The Morgan fingerprint density at radius 2 is 1.59 bits per heavy atom. The van der Waals surface area contributed by atoms with E-state index in [4.69, 9.17) is 15.3 Å². The standard InChI is InChI=1S/C17H26N2O2.C8H11NO7.C2H6.CH4O/c1-4-5-11-18-16(20)10-12-19(3)17(21)13-15-8-6-14(2)7-9-15;10-4-3-9-8(15)16-5(7(13)14)1-2-6(11)12;2*1-2/h6-9H,4-5,10-13H2,1-3H3,(H,18,20);4-5H,1-3H2,(H,9,15)(H,11,12)(H,13,14);1-2H3;2H,1H3. The molecule has 1 aromatic carbocycles. The van der Waals surface area contributed by atoms with Crippen LogP contribution in [-0.4, -0.2) is 96.2 Å². The molecular weight excluding hydrogens is 538 g/mol. The minimum atomic E-state index is -1.54. The number of aldehydes is 1. The number of hydrogen-bond acceptors (Lipinski definition) is 8. The highest BCUT2D eigenvalue weighted by Gasteiger charge is 2.22. The van der Waals surface area contributed by atoms with Crippen molar-refractivity contribution in [3.8, 4) is 0 Å². The minimum Gasteiger partial charge on any atom is -0.481 e. The highest BCUT2D eigenvalue weighted by atomic mass is 16.6. The smallest absolute Gasteiger partial charge is 0.408 e. The Morgan fingerprint density at radius 3 is 2.07 bits per heavy atom. The second-order valence-electron chi connectivity index (χ2n) is 8.14. The van der Waals surface area contributed by atoms with E-state index >= 15 is 0 Å². The van der Waals surface area contributed by atoms with Crippen molar-refractivity contribution in [3.63, 3.8) is 0 Å². The summed E-state index contributed by atoms with van der Waals surface area (Å²) in [4.78, 5) is 66.8. The maximum atomic E-state index is 12.1. The van der Waals surface area contributed by atoms with Gasteiger partial charge in [0, 0.05) is 46.5 Å². The highest BCUT2D eigenvalue weighted by Crippen LogP contribution is 2.06. The number of carboxylic acid groups (broad SMARTS) is 2. The number of ether oxygens (including phenoxy) is 1. The van der Waals surface area contributed by atoms with Gasteiger partial charge in [-0.15, -0.1) is 0 Å². The number of rotatable bonds is 15. The van der Waals surface area contributed by atoms with E-state index in [2.05, 4.69) is 17.0 Å². The van der Waals surface area contributed by atoms with E-state index in [9.17, 15) is 28.8 Å². The van der Waals surface area contributed by atoms with E-state index in [1.54, 1.807) is 11.9 Å². The third-order valence-electron chi connectivity index (χ3n) is 4.90. The number of carboxylic acids is 2. The molecule has 0 aliphatic heterocycles. The van der Waals surface area contributed by atoms with Gasteiger partial charge in [-0.05, 0) is 18.9 Å². The maximum absolute atomic E-state index is 12.1. The number of amides is 3. The van der Waals surface area contributed by atoms with Crippen LogP contribution in [0.3, 0.4) is 0 Å². The van der Waals surface area contributed by atoms with Gasteiger partial charge in [-0.3, -0.25) is 14.4 Å². The Hall–Kier alpha value is -4.00. The molecule has 0 radical (unpaired) electrons. The molecule has 13 heteroatoms. The van der Waals surface area contributed by atoms with Gasteiger partial charge in [-0.2, -0.15) is 0 Å². The first-order valence-corrected chi connectivity index (χ1v) is 13.3. The van der Waals surface area contributed by atoms with Gasteiger partial charge in [0.1, 0.15) is 6.29 Å². The van der Waals surface area contributed by atoms with Crippen molar-refractivity contribution >= 4 is 36.1 Å². The first kappa shape index (κ1) is 41.5. The zero-order chi connectivity index (χ0) is 32.2. The maximum Gasteiger partial charge on any atom is 0.408 e. The van der Waals surface area contributed by atoms with E-state index < -0.39 is 30.6 Å². The molecule has 0 bridgehead atoms. The Morgan fingerprint density at radius 1 is 1.00 bits per heavy atom. The molecule has 5 N–H and O–H groups in total. The average molecular weight is 586 g/mol. The minimum absolute atomic E-state index is 0.0124. The van der Waals surface area contributed by atoms with Crippen molar-refractivity contribution in [2.24, 2.45) is 0 Å². The van der Waals surface area contributed by atoms with Crippen molar-refractivity contribution in [1.29, 1.82) is 0 Å². The Bertz CT molecular complexity index is 892. The molecular formula is C28H47N3O10. The second-order valence-corrected chi connectivity index (χ2v) is 8.14. The summed E-state index contributed by atoms with van der Waals surface area (Å²) in [5.74, 6) is -2.58. The number of nitrogens with zero attached hydrogens (tertiary/aromatic N) is 1. The first-order chi connectivity index (χ1) is 19.5. The van der Waals surface area contributed by atoms with Crippen molar-refractivity contribution < 1.29 is 48.8 Å². The number of aliphatic carboxylic acids is 2. The number of aliphatic hydroxyl groups excluding tert-OH is 1. The number of aliphatic hydroxyl groups is 1. The molecule has 234 valence electrons. The van der Waals surface area contributed by atoms with E-state index in [1.807, 2.05) is 50.4 Å². The quantitative estimate of drug-likeness (QED) is 0.150. The van der Waals surface area contributed by atoms with Crippen LogP contribution in [0.5, 0.6) is 0 Å². The van der Waals surface area contributed by atoms with Crippen molar-refractivity contribution in [2.75, 3.05) is 33.8 Å².